The Bertz CT molecular complexity index is 476. The molecule has 0 radical (unpaired) electrons. The number of hydrogen-bond donors (Lipinski definition) is 1. The summed E-state index contributed by atoms with van der Waals surface area (Å²) in [5.74, 6) is -0.415. The van der Waals surface area contributed by atoms with Crippen LogP contribution in [-0.2, 0) is 9.47 Å². The highest BCUT2D eigenvalue weighted by molar-refractivity contribution is 6.34. The molecule has 1 aliphatic rings. The molecule has 110 valence electrons. The van der Waals surface area contributed by atoms with E-state index in [2.05, 4.69) is 4.90 Å². The van der Waals surface area contributed by atoms with E-state index >= 15 is 0 Å². The second kappa shape index (κ2) is 6.33. The average molecular weight is 299 g/mol. The first-order valence-electron chi connectivity index (χ1n) is 6.61. The van der Waals surface area contributed by atoms with E-state index in [0.717, 1.165) is 18.8 Å². The molecule has 0 aromatic heterocycles. The molecule has 2 rings (SSSR count). The van der Waals surface area contributed by atoms with E-state index in [-0.39, 0.29) is 6.10 Å². The zero-order chi connectivity index (χ0) is 14.7. The van der Waals surface area contributed by atoms with Crippen LogP contribution in [0.4, 0.5) is 11.4 Å². The molecular weight excluding hydrogens is 280 g/mol. The fraction of sp³-hybridized carbons (Fsp3) is 0.500. The van der Waals surface area contributed by atoms with Gasteiger partial charge in [0.2, 0.25) is 0 Å². The normalized spacial score (nSPS) is 15.5. The van der Waals surface area contributed by atoms with Crippen LogP contribution in [0.25, 0.3) is 0 Å². The van der Waals surface area contributed by atoms with Gasteiger partial charge in [-0.15, -0.1) is 0 Å². The van der Waals surface area contributed by atoms with Crippen molar-refractivity contribution in [1.82, 2.24) is 0 Å². The Morgan fingerprint density at radius 1 is 1.40 bits per heavy atom. The molecule has 1 aromatic carbocycles. The molecule has 20 heavy (non-hydrogen) atoms. The van der Waals surface area contributed by atoms with Crippen molar-refractivity contribution in [3.8, 4) is 0 Å². The molecule has 1 fully saturated rings. The number of morpholine rings is 1. The molecule has 0 unspecified atom stereocenters. The highest BCUT2D eigenvalue weighted by atomic mass is 35.5. The number of nitrogen functional groups attached to an aromatic ring is 1. The number of carbonyl (C=O) groups excluding carboxylic acids is 1. The Kier molecular flexibility index (Phi) is 4.73. The van der Waals surface area contributed by atoms with Crippen LogP contribution in [0, 0.1) is 0 Å². The van der Waals surface area contributed by atoms with Gasteiger partial charge in [-0.1, -0.05) is 11.6 Å². The summed E-state index contributed by atoms with van der Waals surface area (Å²) >= 11 is 6.28. The number of rotatable bonds is 3. The van der Waals surface area contributed by atoms with Gasteiger partial charge in [0.25, 0.3) is 0 Å². The maximum Gasteiger partial charge on any atom is 0.338 e. The van der Waals surface area contributed by atoms with Crippen molar-refractivity contribution in [2.75, 3.05) is 36.9 Å². The largest absolute Gasteiger partial charge is 0.459 e. The molecule has 0 spiro atoms. The van der Waals surface area contributed by atoms with E-state index in [9.17, 15) is 4.79 Å². The fourth-order valence-electron chi connectivity index (χ4n) is 2.14. The predicted octanol–water partition coefficient (Wildman–Crippen LogP) is 2.32. The third kappa shape index (κ3) is 3.35. The topological polar surface area (TPSA) is 64.8 Å². The van der Waals surface area contributed by atoms with Crippen LogP contribution in [0.1, 0.15) is 24.2 Å². The lowest BCUT2D eigenvalue weighted by Crippen LogP contribution is -2.36. The molecule has 0 atom stereocenters. The van der Waals surface area contributed by atoms with E-state index in [1.807, 2.05) is 0 Å². The summed E-state index contributed by atoms with van der Waals surface area (Å²) in [4.78, 5) is 13.9. The summed E-state index contributed by atoms with van der Waals surface area (Å²) in [5, 5.41) is 0.461. The highest BCUT2D eigenvalue weighted by Gasteiger charge is 2.20. The van der Waals surface area contributed by atoms with Gasteiger partial charge >= 0.3 is 5.97 Å². The Labute approximate surface area is 123 Å². The van der Waals surface area contributed by atoms with Gasteiger partial charge in [-0.2, -0.15) is 0 Å². The Morgan fingerprint density at radius 3 is 2.60 bits per heavy atom. The minimum atomic E-state index is -0.415. The summed E-state index contributed by atoms with van der Waals surface area (Å²) < 4.78 is 10.5. The van der Waals surface area contributed by atoms with Crippen LogP contribution >= 0.6 is 11.6 Å². The second-order valence-corrected chi connectivity index (χ2v) is 5.36. The molecule has 1 aromatic rings. The summed E-state index contributed by atoms with van der Waals surface area (Å²) in [5.41, 5.74) is 7.66. The highest BCUT2D eigenvalue weighted by Crippen LogP contribution is 2.34. The van der Waals surface area contributed by atoms with E-state index in [0.29, 0.717) is 29.5 Å². The predicted molar refractivity (Wildman–Crippen MR) is 79.4 cm³/mol. The summed E-state index contributed by atoms with van der Waals surface area (Å²) in [6, 6.07) is 3.22. The standard InChI is InChI=1S/C14H19ClN2O3/c1-9(2)20-14(18)10-7-11(15)13(12(16)8-10)17-3-5-19-6-4-17/h7-9H,3-6,16H2,1-2H3. The molecule has 0 aliphatic carbocycles. The zero-order valence-corrected chi connectivity index (χ0v) is 12.4. The third-order valence-corrected chi connectivity index (χ3v) is 3.29. The summed E-state index contributed by atoms with van der Waals surface area (Å²) in [6.07, 6.45) is -0.179. The quantitative estimate of drug-likeness (QED) is 0.685. The molecule has 6 heteroatoms. The van der Waals surface area contributed by atoms with Crippen molar-refractivity contribution >= 4 is 28.9 Å². The first-order chi connectivity index (χ1) is 9.49. The number of hydrogen-bond acceptors (Lipinski definition) is 5. The van der Waals surface area contributed by atoms with Crippen molar-refractivity contribution in [3.05, 3.63) is 22.7 Å². The molecule has 5 nitrogen and oxygen atoms in total. The van der Waals surface area contributed by atoms with Gasteiger partial charge in [0.15, 0.2) is 0 Å². The lowest BCUT2D eigenvalue weighted by atomic mass is 10.1. The van der Waals surface area contributed by atoms with Gasteiger partial charge in [0, 0.05) is 13.1 Å². The van der Waals surface area contributed by atoms with E-state index in [4.69, 9.17) is 26.8 Å². The Morgan fingerprint density at radius 2 is 2.05 bits per heavy atom. The van der Waals surface area contributed by atoms with Crippen LogP contribution in [0.5, 0.6) is 0 Å². The van der Waals surface area contributed by atoms with Gasteiger partial charge in [0.1, 0.15) is 0 Å². The van der Waals surface area contributed by atoms with Gasteiger partial charge in [0.05, 0.1) is 41.3 Å². The molecule has 0 bridgehead atoms. The monoisotopic (exact) mass is 298 g/mol. The number of halogens is 1. The number of anilines is 2. The number of nitrogens with zero attached hydrogens (tertiary/aromatic N) is 1. The van der Waals surface area contributed by atoms with Crippen molar-refractivity contribution in [1.29, 1.82) is 0 Å². The van der Waals surface area contributed by atoms with Gasteiger partial charge in [-0.05, 0) is 26.0 Å². The smallest absolute Gasteiger partial charge is 0.338 e. The van der Waals surface area contributed by atoms with Crippen LogP contribution in [0.2, 0.25) is 5.02 Å². The SMILES string of the molecule is CC(C)OC(=O)c1cc(N)c(N2CCOCC2)c(Cl)c1. The van der Waals surface area contributed by atoms with Crippen LogP contribution in [0.3, 0.4) is 0 Å². The van der Waals surface area contributed by atoms with Crippen molar-refractivity contribution in [2.24, 2.45) is 0 Å². The van der Waals surface area contributed by atoms with E-state index in [1.165, 1.54) is 0 Å². The minimum absolute atomic E-state index is 0.179. The molecule has 1 heterocycles. The van der Waals surface area contributed by atoms with Crippen molar-refractivity contribution < 1.29 is 14.3 Å². The Hall–Kier alpha value is -1.46. The number of nitrogens with two attached hydrogens (primary N) is 1. The first-order valence-corrected chi connectivity index (χ1v) is 6.99. The maximum absolute atomic E-state index is 11.9. The first kappa shape index (κ1) is 14.9. The van der Waals surface area contributed by atoms with Gasteiger partial charge in [-0.25, -0.2) is 4.79 Å². The lowest BCUT2D eigenvalue weighted by molar-refractivity contribution is 0.0378. The Balaban J connectivity index is 2.26. The van der Waals surface area contributed by atoms with Crippen molar-refractivity contribution in [2.45, 2.75) is 20.0 Å². The van der Waals surface area contributed by atoms with Crippen molar-refractivity contribution in [3.63, 3.8) is 0 Å². The second-order valence-electron chi connectivity index (χ2n) is 4.95. The summed E-state index contributed by atoms with van der Waals surface area (Å²) in [6.45, 7) is 6.36. The zero-order valence-electron chi connectivity index (χ0n) is 11.7. The summed E-state index contributed by atoms with van der Waals surface area (Å²) in [7, 11) is 0. The van der Waals surface area contributed by atoms with Crippen LogP contribution in [-0.4, -0.2) is 38.4 Å². The number of carbonyl (C=O) groups is 1. The number of esters is 1. The molecule has 0 amide bonds. The minimum Gasteiger partial charge on any atom is -0.459 e. The van der Waals surface area contributed by atoms with Gasteiger partial charge < -0.3 is 20.1 Å². The van der Waals surface area contributed by atoms with Crippen LogP contribution in [0.15, 0.2) is 12.1 Å². The molecule has 2 N–H and O–H groups in total. The molecule has 0 saturated carbocycles. The molecular formula is C14H19ClN2O3. The molecule has 1 aliphatic heterocycles. The van der Waals surface area contributed by atoms with E-state index < -0.39 is 5.97 Å². The van der Waals surface area contributed by atoms with E-state index in [1.54, 1.807) is 26.0 Å². The number of ether oxygens (including phenoxy) is 2. The maximum atomic E-state index is 11.9. The lowest BCUT2D eigenvalue weighted by Gasteiger charge is -2.30. The fourth-order valence-corrected chi connectivity index (χ4v) is 2.49. The number of benzene rings is 1. The third-order valence-electron chi connectivity index (χ3n) is 3.00. The van der Waals surface area contributed by atoms with Crippen LogP contribution < -0.4 is 10.6 Å². The van der Waals surface area contributed by atoms with Gasteiger partial charge in [-0.3, -0.25) is 0 Å². The molecule has 1 saturated heterocycles. The average Bonchev–Trinajstić information content (AvgIpc) is 2.38.